The van der Waals surface area contributed by atoms with E-state index in [1.165, 1.54) is 0 Å². The Kier molecular flexibility index (Phi) is 3.89. The van der Waals surface area contributed by atoms with Gasteiger partial charge in [-0.05, 0) is 6.07 Å². The van der Waals surface area contributed by atoms with E-state index < -0.39 is 0 Å². The molecule has 1 aromatic carbocycles. The van der Waals surface area contributed by atoms with E-state index in [2.05, 4.69) is 10.3 Å². The molecule has 0 amide bonds. The van der Waals surface area contributed by atoms with Crippen molar-refractivity contribution in [3.8, 4) is 0 Å². The molecule has 0 aliphatic heterocycles. The standard InChI is InChI=1S/C13H16ClN3O/c1-15-11-8-16-13(17(2)6-7-18)9-4-3-5-10(14)12(9)11/h3-5,8,15,18H,6-7H2,1-2H3. The van der Waals surface area contributed by atoms with Crippen LogP contribution >= 0.6 is 11.6 Å². The highest BCUT2D eigenvalue weighted by Gasteiger charge is 2.12. The van der Waals surface area contributed by atoms with E-state index in [1.807, 2.05) is 37.2 Å². The number of fused-ring (bicyclic) bond motifs is 1. The molecule has 0 spiro atoms. The lowest BCUT2D eigenvalue weighted by Gasteiger charge is -2.20. The first-order valence-corrected chi connectivity index (χ1v) is 6.13. The molecule has 0 saturated carbocycles. The van der Waals surface area contributed by atoms with E-state index in [0.717, 1.165) is 22.3 Å². The summed E-state index contributed by atoms with van der Waals surface area (Å²) in [4.78, 5) is 6.35. The van der Waals surface area contributed by atoms with Crippen LogP contribution in [0, 0.1) is 0 Å². The quantitative estimate of drug-likeness (QED) is 0.891. The maximum absolute atomic E-state index is 9.02. The van der Waals surface area contributed by atoms with E-state index in [1.54, 1.807) is 6.20 Å². The normalized spacial score (nSPS) is 10.7. The van der Waals surface area contributed by atoms with Gasteiger partial charge in [-0.3, -0.25) is 0 Å². The molecule has 2 rings (SSSR count). The molecule has 1 aromatic heterocycles. The molecule has 0 saturated heterocycles. The molecule has 1 heterocycles. The van der Waals surface area contributed by atoms with Crippen LogP contribution in [0.1, 0.15) is 0 Å². The van der Waals surface area contributed by atoms with Crippen LogP contribution in [0.15, 0.2) is 24.4 Å². The first-order chi connectivity index (χ1) is 8.69. The number of aliphatic hydroxyl groups is 1. The molecule has 0 aliphatic rings. The summed E-state index contributed by atoms with van der Waals surface area (Å²) in [6.45, 7) is 0.627. The summed E-state index contributed by atoms with van der Waals surface area (Å²) in [6, 6.07) is 5.75. The predicted molar refractivity (Wildman–Crippen MR) is 76.7 cm³/mol. The first-order valence-electron chi connectivity index (χ1n) is 5.76. The van der Waals surface area contributed by atoms with Crippen LogP contribution in [0.25, 0.3) is 10.8 Å². The summed E-state index contributed by atoms with van der Waals surface area (Å²) < 4.78 is 0. The average Bonchev–Trinajstić information content (AvgIpc) is 2.38. The summed E-state index contributed by atoms with van der Waals surface area (Å²) in [5.74, 6) is 0.820. The van der Waals surface area contributed by atoms with Crippen molar-refractivity contribution >= 4 is 33.9 Å². The molecule has 4 nitrogen and oxygen atoms in total. The summed E-state index contributed by atoms with van der Waals surface area (Å²) in [5, 5.41) is 14.7. The SMILES string of the molecule is CNc1cnc(N(C)CCO)c2cccc(Cl)c12. The monoisotopic (exact) mass is 265 g/mol. The molecule has 5 heteroatoms. The fraction of sp³-hybridized carbons (Fsp3) is 0.308. The van der Waals surface area contributed by atoms with Crippen LogP contribution < -0.4 is 10.2 Å². The number of pyridine rings is 1. The highest BCUT2D eigenvalue weighted by atomic mass is 35.5. The molecular weight excluding hydrogens is 250 g/mol. The Morgan fingerprint density at radius 3 is 2.89 bits per heavy atom. The topological polar surface area (TPSA) is 48.4 Å². The number of hydrogen-bond acceptors (Lipinski definition) is 4. The van der Waals surface area contributed by atoms with Gasteiger partial charge < -0.3 is 15.3 Å². The highest BCUT2D eigenvalue weighted by Crippen LogP contribution is 2.34. The minimum Gasteiger partial charge on any atom is -0.395 e. The molecule has 0 aliphatic carbocycles. The first kappa shape index (κ1) is 12.9. The zero-order chi connectivity index (χ0) is 13.1. The number of aromatic nitrogens is 1. The number of likely N-dealkylation sites (N-methyl/N-ethyl adjacent to an activating group) is 1. The number of rotatable bonds is 4. The van der Waals surface area contributed by atoms with Gasteiger partial charge in [0.05, 0.1) is 23.5 Å². The number of aliphatic hydroxyl groups excluding tert-OH is 1. The van der Waals surface area contributed by atoms with E-state index in [0.29, 0.717) is 11.6 Å². The van der Waals surface area contributed by atoms with Crippen molar-refractivity contribution in [3.63, 3.8) is 0 Å². The van der Waals surface area contributed by atoms with Gasteiger partial charge in [0.25, 0.3) is 0 Å². The number of benzene rings is 1. The number of nitrogens with one attached hydrogen (secondary N) is 1. The second kappa shape index (κ2) is 5.42. The lowest BCUT2D eigenvalue weighted by atomic mass is 10.1. The Labute approximate surface area is 111 Å². The van der Waals surface area contributed by atoms with Gasteiger partial charge >= 0.3 is 0 Å². The van der Waals surface area contributed by atoms with Crippen LogP contribution in [-0.4, -0.2) is 37.3 Å². The molecule has 0 unspecified atom stereocenters. The van der Waals surface area contributed by atoms with Gasteiger partial charge in [-0.1, -0.05) is 23.7 Å². The van der Waals surface area contributed by atoms with Crippen LogP contribution in [0.3, 0.4) is 0 Å². The third kappa shape index (κ3) is 2.21. The van der Waals surface area contributed by atoms with Gasteiger partial charge in [0.1, 0.15) is 5.82 Å². The second-order valence-corrected chi connectivity index (χ2v) is 4.46. The fourth-order valence-electron chi connectivity index (χ4n) is 1.99. The summed E-state index contributed by atoms with van der Waals surface area (Å²) >= 11 is 6.26. The summed E-state index contributed by atoms with van der Waals surface area (Å²) in [6.07, 6.45) is 1.76. The van der Waals surface area contributed by atoms with Crippen molar-refractivity contribution in [2.75, 3.05) is 37.5 Å². The van der Waals surface area contributed by atoms with Crippen molar-refractivity contribution in [2.24, 2.45) is 0 Å². The number of hydrogen-bond donors (Lipinski definition) is 2. The molecular formula is C13H16ClN3O. The average molecular weight is 266 g/mol. The lowest BCUT2D eigenvalue weighted by molar-refractivity contribution is 0.304. The van der Waals surface area contributed by atoms with E-state index in [4.69, 9.17) is 16.7 Å². The van der Waals surface area contributed by atoms with Crippen molar-refractivity contribution in [1.82, 2.24) is 4.98 Å². The lowest BCUT2D eigenvalue weighted by Crippen LogP contribution is -2.22. The predicted octanol–water partition coefficient (Wildman–Crippen LogP) is 2.36. The molecule has 0 bridgehead atoms. The number of anilines is 2. The summed E-state index contributed by atoms with van der Waals surface area (Å²) in [7, 11) is 3.74. The van der Waals surface area contributed by atoms with Gasteiger partial charge in [0.2, 0.25) is 0 Å². The molecule has 2 N–H and O–H groups in total. The minimum absolute atomic E-state index is 0.0913. The molecule has 0 atom stereocenters. The largest absolute Gasteiger partial charge is 0.395 e. The van der Waals surface area contributed by atoms with E-state index in [-0.39, 0.29) is 6.61 Å². The Balaban J connectivity index is 2.67. The van der Waals surface area contributed by atoms with Crippen molar-refractivity contribution in [3.05, 3.63) is 29.4 Å². The van der Waals surface area contributed by atoms with Gasteiger partial charge in [-0.25, -0.2) is 4.98 Å². The van der Waals surface area contributed by atoms with Gasteiger partial charge in [0.15, 0.2) is 0 Å². The molecule has 18 heavy (non-hydrogen) atoms. The smallest absolute Gasteiger partial charge is 0.136 e. The maximum atomic E-state index is 9.02. The van der Waals surface area contributed by atoms with Gasteiger partial charge in [0, 0.05) is 31.4 Å². The second-order valence-electron chi connectivity index (χ2n) is 4.05. The van der Waals surface area contributed by atoms with Gasteiger partial charge in [-0.15, -0.1) is 0 Å². The van der Waals surface area contributed by atoms with E-state index in [9.17, 15) is 0 Å². The molecule has 96 valence electrons. The van der Waals surface area contributed by atoms with Crippen LogP contribution in [-0.2, 0) is 0 Å². The zero-order valence-electron chi connectivity index (χ0n) is 10.4. The van der Waals surface area contributed by atoms with Crippen LogP contribution in [0.4, 0.5) is 11.5 Å². The van der Waals surface area contributed by atoms with Crippen molar-refractivity contribution in [2.45, 2.75) is 0 Å². The highest BCUT2D eigenvalue weighted by molar-refractivity contribution is 6.37. The summed E-state index contributed by atoms with van der Waals surface area (Å²) in [5.41, 5.74) is 0.900. The van der Waals surface area contributed by atoms with Crippen molar-refractivity contribution < 1.29 is 5.11 Å². The van der Waals surface area contributed by atoms with Crippen LogP contribution in [0.5, 0.6) is 0 Å². The zero-order valence-corrected chi connectivity index (χ0v) is 11.2. The molecule has 0 fully saturated rings. The Morgan fingerprint density at radius 1 is 1.44 bits per heavy atom. The Morgan fingerprint density at radius 2 is 2.22 bits per heavy atom. The van der Waals surface area contributed by atoms with E-state index >= 15 is 0 Å². The minimum atomic E-state index is 0.0913. The Bertz CT molecular complexity index is 559. The third-order valence-corrected chi connectivity index (χ3v) is 3.22. The van der Waals surface area contributed by atoms with Gasteiger partial charge in [-0.2, -0.15) is 0 Å². The molecule has 0 radical (unpaired) electrons. The maximum Gasteiger partial charge on any atom is 0.136 e. The van der Waals surface area contributed by atoms with Crippen LogP contribution in [0.2, 0.25) is 5.02 Å². The number of nitrogens with zero attached hydrogens (tertiary/aromatic N) is 2. The number of halogens is 1. The van der Waals surface area contributed by atoms with Crippen molar-refractivity contribution in [1.29, 1.82) is 0 Å². The third-order valence-electron chi connectivity index (χ3n) is 2.91. The Hall–Kier alpha value is -1.52. The fourth-order valence-corrected chi connectivity index (χ4v) is 2.27. The molecule has 2 aromatic rings.